The molecular formula is C14H26N2O. The van der Waals surface area contributed by atoms with Crippen molar-refractivity contribution in [2.24, 2.45) is 5.92 Å². The SMILES string of the molecule is CNCc1ccoc1CN(CC(C)C)C(C)C. The number of nitrogens with one attached hydrogen (secondary N) is 1. The highest BCUT2D eigenvalue weighted by molar-refractivity contribution is 5.16. The van der Waals surface area contributed by atoms with Crippen LogP contribution in [0.4, 0.5) is 0 Å². The van der Waals surface area contributed by atoms with Gasteiger partial charge in [0.25, 0.3) is 0 Å². The van der Waals surface area contributed by atoms with Crippen molar-refractivity contribution < 1.29 is 4.42 Å². The molecule has 1 aromatic rings. The molecule has 98 valence electrons. The summed E-state index contributed by atoms with van der Waals surface area (Å²) in [7, 11) is 1.96. The highest BCUT2D eigenvalue weighted by Crippen LogP contribution is 2.16. The van der Waals surface area contributed by atoms with Crippen molar-refractivity contribution in [3.8, 4) is 0 Å². The van der Waals surface area contributed by atoms with Crippen molar-refractivity contribution in [1.29, 1.82) is 0 Å². The summed E-state index contributed by atoms with van der Waals surface area (Å²) in [5.41, 5.74) is 1.27. The molecule has 1 N–H and O–H groups in total. The van der Waals surface area contributed by atoms with E-state index in [1.807, 2.05) is 7.05 Å². The number of nitrogens with zero attached hydrogens (tertiary/aromatic N) is 1. The molecule has 0 amide bonds. The molecule has 0 saturated carbocycles. The lowest BCUT2D eigenvalue weighted by atomic mass is 10.1. The molecular weight excluding hydrogens is 212 g/mol. The van der Waals surface area contributed by atoms with E-state index in [1.54, 1.807) is 6.26 Å². The van der Waals surface area contributed by atoms with E-state index >= 15 is 0 Å². The summed E-state index contributed by atoms with van der Waals surface area (Å²) >= 11 is 0. The molecule has 0 bridgehead atoms. The molecule has 0 saturated heterocycles. The Morgan fingerprint density at radius 1 is 1.29 bits per heavy atom. The normalized spacial score (nSPS) is 12.0. The van der Waals surface area contributed by atoms with Gasteiger partial charge in [0.1, 0.15) is 5.76 Å². The minimum Gasteiger partial charge on any atom is -0.468 e. The lowest BCUT2D eigenvalue weighted by molar-refractivity contribution is 0.174. The molecule has 1 heterocycles. The Labute approximate surface area is 105 Å². The fourth-order valence-electron chi connectivity index (χ4n) is 1.97. The number of rotatable bonds is 7. The molecule has 0 spiro atoms. The van der Waals surface area contributed by atoms with Crippen LogP contribution in [0, 0.1) is 5.92 Å². The summed E-state index contributed by atoms with van der Waals surface area (Å²) in [5.74, 6) is 1.77. The third kappa shape index (κ3) is 4.52. The van der Waals surface area contributed by atoms with Crippen LogP contribution in [0.2, 0.25) is 0 Å². The van der Waals surface area contributed by atoms with Gasteiger partial charge in [0.15, 0.2) is 0 Å². The van der Waals surface area contributed by atoms with Gasteiger partial charge in [-0.25, -0.2) is 0 Å². The van der Waals surface area contributed by atoms with Gasteiger partial charge in [-0.05, 0) is 32.9 Å². The first-order chi connectivity index (χ1) is 8.04. The molecule has 0 atom stereocenters. The molecule has 1 aromatic heterocycles. The summed E-state index contributed by atoms with van der Waals surface area (Å²) in [6, 6.07) is 2.60. The average Bonchev–Trinajstić information content (AvgIpc) is 2.64. The van der Waals surface area contributed by atoms with Gasteiger partial charge in [-0.1, -0.05) is 13.8 Å². The monoisotopic (exact) mass is 238 g/mol. The van der Waals surface area contributed by atoms with Crippen LogP contribution in [0.1, 0.15) is 39.0 Å². The molecule has 3 heteroatoms. The van der Waals surface area contributed by atoms with E-state index in [2.05, 4.69) is 44.0 Å². The molecule has 0 aliphatic carbocycles. The first-order valence-electron chi connectivity index (χ1n) is 6.48. The molecule has 0 aliphatic heterocycles. The van der Waals surface area contributed by atoms with Crippen LogP contribution < -0.4 is 5.32 Å². The minimum absolute atomic E-state index is 0.546. The molecule has 0 fully saturated rings. The van der Waals surface area contributed by atoms with Crippen LogP contribution in [-0.4, -0.2) is 24.5 Å². The summed E-state index contributed by atoms with van der Waals surface area (Å²) in [6.45, 7) is 11.9. The van der Waals surface area contributed by atoms with E-state index in [0.717, 1.165) is 25.4 Å². The maximum absolute atomic E-state index is 5.60. The van der Waals surface area contributed by atoms with Crippen LogP contribution in [0.3, 0.4) is 0 Å². The Morgan fingerprint density at radius 2 is 2.00 bits per heavy atom. The average molecular weight is 238 g/mol. The number of hydrogen-bond acceptors (Lipinski definition) is 3. The van der Waals surface area contributed by atoms with E-state index in [4.69, 9.17) is 4.42 Å². The Hall–Kier alpha value is -0.800. The van der Waals surface area contributed by atoms with Crippen LogP contribution >= 0.6 is 0 Å². The second-order valence-corrected chi connectivity index (χ2v) is 5.32. The standard InChI is InChI=1S/C14H26N2O/c1-11(2)9-16(12(3)4)10-14-13(8-15-5)6-7-17-14/h6-7,11-12,15H,8-10H2,1-5H3. The smallest absolute Gasteiger partial charge is 0.122 e. The number of furan rings is 1. The van der Waals surface area contributed by atoms with Crippen LogP contribution in [-0.2, 0) is 13.1 Å². The van der Waals surface area contributed by atoms with Gasteiger partial charge in [-0.3, -0.25) is 4.90 Å². The molecule has 0 aliphatic rings. The van der Waals surface area contributed by atoms with E-state index in [0.29, 0.717) is 12.0 Å². The van der Waals surface area contributed by atoms with Gasteiger partial charge < -0.3 is 9.73 Å². The fourth-order valence-corrected chi connectivity index (χ4v) is 1.97. The first-order valence-corrected chi connectivity index (χ1v) is 6.48. The highest BCUT2D eigenvalue weighted by atomic mass is 16.3. The summed E-state index contributed by atoms with van der Waals surface area (Å²) < 4.78 is 5.60. The van der Waals surface area contributed by atoms with Crippen molar-refractivity contribution >= 4 is 0 Å². The maximum Gasteiger partial charge on any atom is 0.122 e. The second-order valence-electron chi connectivity index (χ2n) is 5.32. The predicted molar refractivity (Wildman–Crippen MR) is 71.9 cm³/mol. The number of hydrogen-bond donors (Lipinski definition) is 1. The predicted octanol–water partition coefficient (Wildman–Crippen LogP) is 2.87. The maximum atomic E-state index is 5.60. The summed E-state index contributed by atoms with van der Waals surface area (Å²) in [5, 5.41) is 3.18. The Morgan fingerprint density at radius 3 is 2.53 bits per heavy atom. The van der Waals surface area contributed by atoms with Crippen molar-refractivity contribution in [2.45, 2.75) is 46.8 Å². The van der Waals surface area contributed by atoms with E-state index < -0.39 is 0 Å². The summed E-state index contributed by atoms with van der Waals surface area (Å²) in [6.07, 6.45) is 1.79. The fraction of sp³-hybridized carbons (Fsp3) is 0.714. The van der Waals surface area contributed by atoms with Gasteiger partial charge in [0, 0.05) is 24.7 Å². The Bertz CT molecular complexity index is 318. The van der Waals surface area contributed by atoms with Gasteiger partial charge >= 0.3 is 0 Å². The molecule has 1 rings (SSSR count). The Kier molecular flexibility index (Phi) is 5.72. The van der Waals surface area contributed by atoms with E-state index in [-0.39, 0.29) is 0 Å². The third-order valence-corrected chi connectivity index (χ3v) is 2.88. The highest BCUT2D eigenvalue weighted by Gasteiger charge is 2.15. The second kappa shape index (κ2) is 6.82. The largest absolute Gasteiger partial charge is 0.468 e. The molecule has 0 radical (unpaired) electrons. The van der Waals surface area contributed by atoms with Crippen LogP contribution in [0.15, 0.2) is 16.7 Å². The van der Waals surface area contributed by atoms with Crippen molar-refractivity contribution in [2.75, 3.05) is 13.6 Å². The molecule has 3 nitrogen and oxygen atoms in total. The molecule has 0 aromatic carbocycles. The van der Waals surface area contributed by atoms with Crippen molar-refractivity contribution in [1.82, 2.24) is 10.2 Å². The minimum atomic E-state index is 0.546. The zero-order valence-electron chi connectivity index (χ0n) is 11.8. The molecule has 0 unspecified atom stereocenters. The van der Waals surface area contributed by atoms with E-state index in [9.17, 15) is 0 Å². The van der Waals surface area contributed by atoms with Crippen molar-refractivity contribution in [3.05, 3.63) is 23.7 Å². The quantitative estimate of drug-likeness (QED) is 0.792. The zero-order valence-corrected chi connectivity index (χ0v) is 11.8. The topological polar surface area (TPSA) is 28.4 Å². The lowest BCUT2D eigenvalue weighted by Gasteiger charge is -2.27. The van der Waals surface area contributed by atoms with Gasteiger partial charge in [0.2, 0.25) is 0 Å². The van der Waals surface area contributed by atoms with Crippen molar-refractivity contribution in [3.63, 3.8) is 0 Å². The van der Waals surface area contributed by atoms with Gasteiger partial charge in [-0.15, -0.1) is 0 Å². The third-order valence-electron chi connectivity index (χ3n) is 2.88. The lowest BCUT2D eigenvalue weighted by Crippen LogP contribution is -2.33. The summed E-state index contributed by atoms with van der Waals surface area (Å²) in [4.78, 5) is 2.46. The Balaban J connectivity index is 2.68. The first kappa shape index (κ1) is 14.3. The van der Waals surface area contributed by atoms with Crippen LogP contribution in [0.5, 0.6) is 0 Å². The zero-order chi connectivity index (χ0) is 12.8. The van der Waals surface area contributed by atoms with Crippen LogP contribution in [0.25, 0.3) is 0 Å². The van der Waals surface area contributed by atoms with E-state index in [1.165, 1.54) is 5.56 Å². The van der Waals surface area contributed by atoms with Gasteiger partial charge in [-0.2, -0.15) is 0 Å². The molecule has 17 heavy (non-hydrogen) atoms. The van der Waals surface area contributed by atoms with Gasteiger partial charge in [0.05, 0.1) is 12.8 Å².